The van der Waals surface area contributed by atoms with Gasteiger partial charge in [0.25, 0.3) is 0 Å². The Labute approximate surface area is 72.3 Å². The third-order valence-electron chi connectivity index (χ3n) is 1.61. The molecule has 0 fully saturated rings. The molecule has 0 spiro atoms. The van der Waals surface area contributed by atoms with Gasteiger partial charge in [-0.05, 0) is 11.6 Å². The summed E-state index contributed by atoms with van der Waals surface area (Å²) in [6, 6.07) is 0. The zero-order valence-electron chi connectivity index (χ0n) is 6.90. The normalized spacial score (nSPS) is 17.2. The van der Waals surface area contributed by atoms with Crippen LogP contribution >= 0.6 is 0 Å². The monoisotopic (exact) mass is 163 g/mol. The molecular formula is C9H13N3. The SMILES string of the molecule is C=C1C=CC(CN)=CN1/C=C\N. The largest absolute Gasteiger partial charge is 0.403 e. The molecule has 1 aliphatic rings. The van der Waals surface area contributed by atoms with E-state index in [1.165, 1.54) is 6.20 Å². The van der Waals surface area contributed by atoms with E-state index in [1.54, 1.807) is 6.20 Å². The summed E-state index contributed by atoms with van der Waals surface area (Å²) in [5.74, 6) is 0. The molecule has 0 aliphatic carbocycles. The molecule has 0 aromatic rings. The molecule has 1 aliphatic heterocycles. The summed E-state index contributed by atoms with van der Waals surface area (Å²) in [5.41, 5.74) is 12.7. The third-order valence-corrected chi connectivity index (χ3v) is 1.61. The highest BCUT2D eigenvalue weighted by atomic mass is 15.1. The van der Waals surface area contributed by atoms with Crippen LogP contribution in [0, 0.1) is 0 Å². The third kappa shape index (κ3) is 1.77. The van der Waals surface area contributed by atoms with Gasteiger partial charge in [0.1, 0.15) is 0 Å². The van der Waals surface area contributed by atoms with Crippen molar-refractivity contribution in [2.24, 2.45) is 11.5 Å². The highest BCUT2D eigenvalue weighted by molar-refractivity contribution is 5.34. The topological polar surface area (TPSA) is 55.3 Å². The van der Waals surface area contributed by atoms with E-state index in [9.17, 15) is 0 Å². The van der Waals surface area contributed by atoms with Crippen LogP contribution in [0.15, 0.2) is 48.6 Å². The van der Waals surface area contributed by atoms with E-state index in [-0.39, 0.29) is 0 Å². The van der Waals surface area contributed by atoms with Gasteiger partial charge in [0, 0.05) is 30.8 Å². The van der Waals surface area contributed by atoms with Crippen LogP contribution in [0.2, 0.25) is 0 Å². The summed E-state index contributed by atoms with van der Waals surface area (Å²) >= 11 is 0. The van der Waals surface area contributed by atoms with Gasteiger partial charge in [-0.3, -0.25) is 0 Å². The van der Waals surface area contributed by atoms with Crippen LogP contribution in [0.25, 0.3) is 0 Å². The first kappa shape index (κ1) is 8.62. The van der Waals surface area contributed by atoms with Crippen molar-refractivity contribution in [2.45, 2.75) is 0 Å². The molecule has 0 atom stereocenters. The van der Waals surface area contributed by atoms with Crippen molar-refractivity contribution in [3.05, 3.63) is 48.6 Å². The Morgan fingerprint density at radius 1 is 1.50 bits per heavy atom. The molecule has 0 bridgehead atoms. The lowest BCUT2D eigenvalue weighted by Gasteiger charge is -2.20. The first-order valence-corrected chi connectivity index (χ1v) is 3.72. The Morgan fingerprint density at radius 2 is 2.25 bits per heavy atom. The molecule has 12 heavy (non-hydrogen) atoms. The summed E-state index contributed by atoms with van der Waals surface area (Å²) in [6.45, 7) is 4.36. The lowest BCUT2D eigenvalue weighted by atomic mass is 10.2. The Bertz CT molecular complexity index is 261. The van der Waals surface area contributed by atoms with Gasteiger partial charge in [-0.15, -0.1) is 0 Å². The van der Waals surface area contributed by atoms with Gasteiger partial charge in [-0.25, -0.2) is 0 Å². The maximum atomic E-state index is 5.48. The van der Waals surface area contributed by atoms with Crippen LogP contribution in [-0.4, -0.2) is 11.4 Å². The summed E-state index contributed by atoms with van der Waals surface area (Å²) < 4.78 is 0. The first-order chi connectivity index (χ1) is 5.77. The zero-order chi connectivity index (χ0) is 8.97. The zero-order valence-corrected chi connectivity index (χ0v) is 6.90. The van der Waals surface area contributed by atoms with Crippen molar-refractivity contribution in [1.82, 2.24) is 4.90 Å². The Hall–Kier alpha value is -1.48. The maximum absolute atomic E-state index is 5.48. The van der Waals surface area contributed by atoms with Crippen molar-refractivity contribution < 1.29 is 0 Å². The molecule has 4 N–H and O–H groups in total. The van der Waals surface area contributed by atoms with Gasteiger partial charge in [0.15, 0.2) is 0 Å². The average molecular weight is 163 g/mol. The molecule has 0 unspecified atom stereocenters. The molecule has 3 heteroatoms. The van der Waals surface area contributed by atoms with Gasteiger partial charge in [0.2, 0.25) is 0 Å². The molecule has 0 saturated heterocycles. The van der Waals surface area contributed by atoms with E-state index in [1.807, 2.05) is 23.3 Å². The van der Waals surface area contributed by atoms with Crippen molar-refractivity contribution >= 4 is 0 Å². The van der Waals surface area contributed by atoms with E-state index in [0.717, 1.165) is 11.3 Å². The van der Waals surface area contributed by atoms with Gasteiger partial charge >= 0.3 is 0 Å². The van der Waals surface area contributed by atoms with E-state index in [4.69, 9.17) is 11.5 Å². The minimum absolute atomic E-state index is 0.526. The van der Waals surface area contributed by atoms with E-state index in [0.29, 0.717) is 6.54 Å². The maximum Gasteiger partial charge on any atom is 0.0378 e. The molecule has 0 aromatic carbocycles. The van der Waals surface area contributed by atoms with Gasteiger partial charge in [0.05, 0.1) is 0 Å². The van der Waals surface area contributed by atoms with Crippen LogP contribution in [0.1, 0.15) is 0 Å². The molecule has 0 radical (unpaired) electrons. The van der Waals surface area contributed by atoms with E-state index in [2.05, 4.69) is 6.58 Å². The fourth-order valence-electron chi connectivity index (χ4n) is 0.946. The Kier molecular flexibility index (Phi) is 2.71. The quantitative estimate of drug-likeness (QED) is 0.628. The Balaban J connectivity index is 2.81. The molecule has 3 nitrogen and oxygen atoms in total. The lowest BCUT2D eigenvalue weighted by molar-refractivity contribution is 0.638. The number of nitrogens with zero attached hydrogens (tertiary/aromatic N) is 1. The highest BCUT2D eigenvalue weighted by Gasteiger charge is 2.03. The van der Waals surface area contributed by atoms with Crippen molar-refractivity contribution in [3.8, 4) is 0 Å². The molecule has 64 valence electrons. The molecule has 1 heterocycles. The lowest BCUT2D eigenvalue weighted by Crippen LogP contribution is -2.14. The second-order valence-corrected chi connectivity index (χ2v) is 2.48. The van der Waals surface area contributed by atoms with E-state index < -0.39 is 0 Å². The second kappa shape index (κ2) is 3.78. The molecule has 0 saturated carbocycles. The first-order valence-electron chi connectivity index (χ1n) is 3.72. The fourth-order valence-corrected chi connectivity index (χ4v) is 0.946. The molecular weight excluding hydrogens is 150 g/mol. The summed E-state index contributed by atoms with van der Waals surface area (Å²) in [6.07, 6.45) is 8.97. The van der Waals surface area contributed by atoms with Crippen LogP contribution < -0.4 is 11.5 Å². The minimum atomic E-state index is 0.526. The second-order valence-electron chi connectivity index (χ2n) is 2.48. The van der Waals surface area contributed by atoms with Crippen LogP contribution in [0.3, 0.4) is 0 Å². The Morgan fingerprint density at radius 3 is 2.83 bits per heavy atom. The number of nitrogens with two attached hydrogens (primary N) is 2. The molecule has 0 aromatic heterocycles. The van der Waals surface area contributed by atoms with Gasteiger partial charge in [-0.2, -0.15) is 0 Å². The summed E-state index contributed by atoms with van der Waals surface area (Å²) in [5, 5.41) is 0. The predicted octanol–water partition coefficient (Wildman–Crippen LogP) is 0.644. The standard InChI is InChI=1S/C9H13N3/c1-8-2-3-9(6-11)7-12(8)5-4-10/h2-5,7H,1,6,10-11H2/b5-4-. The number of hydrogen-bond acceptors (Lipinski definition) is 3. The number of allylic oxidation sites excluding steroid dienone is 1. The van der Waals surface area contributed by atoms with Gasteiger partial charge in [-0.1, -0.05) is 12.7 Å². The number of hydrogen-bond donors (Lipinski definition) is 2. The van der Waals surface area contributed by atoms with Crippen LogP contribution in [0.5, 0.6) is 0 Å². The van der Waals surface area contributed by atoms with Crippen LogP contribution in [-0.2, 0) is 0 Å². The molecule has 0 amide bonds. The fraction of sp³-hybridized carbons (Fsp3) is 0.111. The average Bonchev–Trinajstić information content (AvgIpc) is 2.09. The minimum Gasteiger partial charge on any atom is -0.403 e. The van der Waals surface area contributed by atoms with Crippen LogP contribution in [0.4, 0.5) is 0 Å². The van der Waals surface area contributed by atoms with Crippen molar-refractivity contribution in [2.75, 3.05) is 6.54 Å². The molecule has 1 rings (SSSR count). The van der Waals surface area contributed by atoms with E-state index >= 15 is 0 Å². The summed E-state index contributed by atoms with van der Waals surface area (Å²) in [4.78, 5) is 1.84. The van der Waals surface area contributed by atoms with Crippen molar-refractivity contribution in [1.29, 1.82) is 0 Å². The highest BCUT2D eigenvalue weighted by Crippen LogP contribution is 2.14. The smallest absolute Gasteiger partial charge is 0.0378 e. The summed E-state index contributed by atoms with van der Waals surface area (Å²) in [7, 11) is 0. The predicted molar refractivity (Wildman–Crippen MR) is 50.6 cm³/mol. The van der Waals surface area contributed by atoms with Gasteiger partial charge < -0.3 is 16.4 Å². The number of rotatable bonds is 2. The van der Waals surface area contributed by atoms with Crippen molar-refractivity contribution in [3.63, 3.8) is 0 Å².